The van der Waals surface area contributed by atoms with Gasteiger partial charge in [0.15, 0.2) is 10.8 Å². The molecule has 2 aliphatic heterocycles. The summed E-state index contributed by atoms with van der Waals surface area (Å²) < 4.78 is 11.9. The molecule has 2 atom stereocenters. The maximum atomic E-state index is 10.3. The molecule has 0 bridgehead atoms. The Kier molecular flexibility index (Phi) is 4.25. The summed E-state index contributed by atoms with van der Waals surface area (Å²) in [5.41, 5.74) is 3.84. The Morgan fingerprint density at radius 2 is 1.31 bits per heavy atom. The first-order valence-corrected chi connectivity index (χ1v) is 10.2. The quantitative estimate of drug-likeness (QED) is 0.683. The van der Waals surface area contributed by atoms with Crippen molar-refractivity contribution in [2.45, 2.75) is 76.5 Å². The van der Waals surface area contributed by atoms with Crippen LogP contribution in [0.3, 0.4) is 0 Å². The molecule has 140 valence electrons. The second kappa shape index (κ2) is 6.22. The maximum Gasteiger partial charge on any atom is 0.343 e. The number of rotatable bonds is 0. The van der Waals surface area contributed by atoms with Gasteiger partial charge in [-0.2, -0.15) is 10.5 Å². The largest absolute Gasteiger partial charge is 0.343 e. The topological polar surface area (TPSA) is 106 Å². The van der Waals surface area contributed by atoms with Crippen LogP contribution in [0.2, 0.25) is 0 Å². The second-order valence-corrected chi connectivity index (χ2v) is 8.34. The monoisotopic (exact) mass is 357 g/mol. The zero-order valence-corrected chi connectivity index (χ0v) is 15.5. The minimum atomic E-state index is -1.25. The summed E-state index contributed by atoms with van der Waals surface area (Å²) in [6.07, 6.45) is 12.4. The van der Waals surface area contributed by atoms with E-state index in [0.717, 1.165) is 38.5 Å². The number of amidine groups is 1. The van der Waals surface area contributed by atoms with Crippen molar-refractivity contribution in [3.8, 4) is 12.1 Å². The van der Waals surface area contributed by atoms with Crippen LogP contribution in [-0.2, 0) is 9.47 Å². The van der Waals surface area contributed by atoms with Gasteiger partial charge in [-0.1, -0.05) is 57.8 Å². The van der Waals surface area contributed by atoms with Gasteiger partial charge in [-0.25, -0.2) is 4.99 Å². The van der Waals surface area contributed by atoms with Crippen molar-refractivity contribution in [2.24, 2.45) is 22.0 Å². The normalized spacial score (nSPS) is 38.5. The van der Waals surface area contributed by atoms with E-state index in [0.29, 0.717) is 19.0 Å². The van der Waals surface area contributed by atoms with Gasteiger partial charge >= 0.3 is 5.91 Å². The van der Waals surface area contributed by atoms with Crippen molar-refractivity contribution in [1.29, 1.82) is 10.5 Å². The van der Waals surface area contributed by atoms with E-state index in [4.69, 9.17) is 15.2 Å². The van der Waals surface area contributed by atoms with Gasteiger partial charge in [0.05, 0.1) is 25.4 Å². The van der Waals surface area contributed by atoms with Crippen molar-refractivity contribution < 1.29 is 14.5 Å². The molecule has 26 heavy (non-hydrogen) atoms. The average molecular weight is 357 g/mol. The fraction of sp³-hybridized carbons (Fsp3) is 0.850. The van der Waals surface area contributed by atoms with Crippen LogP contribution in [0.1, 0.15) is 70.6 Å². The van der Waals surface area contributed by atoms with Gasteiger partial charge in [-0.05, 0) is 12.8 Å². The van der Waals surface area contributed by atoms with Gasteiger partial charge in [-0.3, -0.25) is 5.73 Å². The Balaban J connectivity index is 1.74. The molecule has 3 N–H and O–H groups in total. The summed E-state index contributed by atoms with van der Waals surface area (Å²) in [7, 11) is 0. The molecule has 4 rings (SSSR count). The van der Waals surface area contributed by atoms with E-state index in [1.807, 2.05) is 0 Å². The van der Waals surface area contributed by atoms with Crippen LogP contribution >= 0.6 is 0 Å². The average Bonchev–Trinajstić information content (AvgIpc) is 2.87. The molecule has 0 aromatic heterocycles. The van der Waals surface area contributed by atoms with E-state index < -0.39 is 22.2 Å². The Bertz CT molecular complexity index is 673. The highest BCUT2D eigenvalue weighted by atomic mass is 16.8. The van der Waals surface area contributed by atoms with Crippen molar-refractivity contribution >= 4 is 5.84 Å². The molecule has 6 nitrogen and oxygen atoms in total. The zero-order chi connectivity index (χ0) is 18.3. The van der Waals surface area contributed by atoms with Crippen LogP contribution in [0.15, 0.2) is 0 Å². The number of nitrogens with zero attached hydrogens (tertiary/aromatic N) is 2. The summed E-state index contributed by atoms with van der Waals surface area (Å²) in [5, 5.41) is 20.6. The molecule has 2 heterocycles. The third kappa shape index (κ3) is 1.85. The van der Waals surface area contributed by atoms with Crippen LogP contribution in [0.4, 0.5) is 0 Å². The van der Waals surface area contributed by atoms with Crippen molar-refractivity contribution in [3.05, 3.63) is 0 Å². The Morgan fingerprint density at radius 3 is 1.77 bits per heavy atom. The number of ether oxygens (including phenoxy) is 2. The van der Waals surface area contributed by atoms with E-state index in [1.54, 1.807) is 0 Å². The van der Waals surface area contributed by atoms with Crippen molar-refractivity contribution in [3.63, 3.8) is 0 Å². The smallest absolute Gasteiger partial charge is 0.311 e. The summed E-state index contributed by atoms with van der Waals surface area (Å²) in [5.74, 6) is -0.880. The summed E-state index contributed by atoms with van der Waals surface area (Å²) in [6.45, 7) is 0.836. The number of hydrogen-bond acceptors (Lipinski definition) is 5. The summed E-state index contributed by atoms with van der Waals surface area (Å²) >= 11 is 0. The zero-order valence-electron chi connectivity index (χ0n) is 15.5. The lowest BCUT2D eigenvalue weighted by atomic mass is 9.80. The van der Waals surface area contributed by atoms with Crippen molar-refractivity contribution in [2.75, 3.05) is 13.2 Å². The van der Waals surface area contributed by atoms with Crippen LogP contribution in [0.25, 0.3) is 0 Å². The summed E-state index contributed by atoms with van der Waals surface area (Å²) in [4.78, 5) is 3.08. The molecule has 6 heteroatoms. The molecule has 4 aliphatic rings. The Labute approximate surface area is 155 Å². The molecule has 0 unspecified atom stereocenters. The molecule has 0 aromatic carbocycles. The lowest BCUT2D eigenvalue weighted by Crippen LogP contribution is -2.90. The number of nitriles is 2. The van der Waals surface area contributed by atoms with E-state index in [9.17, 15) is 10.5 Å². The molecule has 3 fully saturated rings. The first-order chi connectivity index (χ1) is 12.7. The number of nitrogens with two attached hydrogens (primary N) is 1. The van der Waals surface area contributed by atoms with Crippen molar-refractivity contribution in [1.82, 2.24) is 0 Å². The first kappa shape index (κ1) is 17.8. The van der Waals surface area contributed by atoms with Gasteiger partial charge in [0.25, 0.3) is 5.84 Å². The lowest BCUT2D eigenvalue weighted by Gasteiger charge is -2.29. The van der Waals surface area contributed by atoms with Crippen LogP contribution < -0.4 is 10.7 Å². The minimum absolute atomic E-state index is 0.371. The van der Waals surface area contributed by atoms with Gasteiger partial charge in [0.2, 0.25) is 0 Å². The van der Waals surface area contributed by atoms with E-state index in [2.05, 4.69) is 17.1 Å². The predicted molar refractivity (Wildman–Crippen MR) is 94.1 cm³/mol. The molecule has 2 saturated carbocycles. The van der Waals surface area contributed by atoms with Crippen LogP contribution in [0, 0.1) is 38.9 Å². The lowest BCUT2D eigenvalue weighted by molar-refractivity contribution is -0.678. The fourth-order valence-electron chi connectivity index (χ4n) is 6.26. The Hall–Kier alpha value is -1.63. The van der Waals surface area contributed by atoms with Gasteiger partial charge in [0, 0.05) is 5.41 Å². The van der Waals surface area contributed by atoms with Crippen LogP contribution in [-0.4, -0.2) is 25.0 Å². The van der Waals surface area contributed by atoms with E-state index >= 15 is 0 Å². The Morgan fingerprint density at radius 1 is 0.808 bits per heavy atom. The molecule has 2 aliphatic carbocycles. The molecule has 0 aromatic rings. The number of fused-ring (bicyclic) bond motifs is 4. The number of nitrogens with one attached hydrogen (secondary N) is 1. The second-order valence-electron chi connectivity index (χ2n) is 8.34. The SMILES string of the molecule is N#C[C@]12C3([NH+]=C(N)[C@@]1(C#N)C21CCCCCCCCCCC1)OCCO3. The fourth-order valence-corrected chi connectivity index (χ4v) is 6.26. The maximum absolute atomic E-state index is 10.3. The molecule has 0 amide bonds. The highest BCUT2D eigenvalue weighted by molar-refractivity contribution is 5.95. The highest BCUT2D eigenvalue weighted by Crippen LogP contribution is 2.85. The predicted octanol–water partition coefficient (Wildman–Crippen LogP) is 1.46. The van der Waals surface area contributed by atoms with E-state index in [1.165, 1.54) is 32.1 Å². The van der Waals surface area contributed by atoms with Gasteiger partial charge in [-0.15, -0.1) is 0 Å². The third-order valence-electron chi connectivity index (χ3n) is 7.37. The highest BCUT2D eigenvalue weighted by Gasteiger charge is 3.03. The van der Waals surface area contributed by atoms with Gasteiger partial charge in [0.1, 0.15) is 0 Å². The standard InChI is InChI=1S/C20H28N4O2/c21-14-18-16(23)24-20(25-12-13-26-20)19(18,15-22)17(18)10-8-6-4-2-1-3-5-7-9-11-17/h1-13H2,(H2,23,24)/p+1/t18-,19+/m0/s1. The molecule has 0 radical (unpaired) electrons. The van der Waals surface area contributed by atoms with E-state index in [-0.39, 0.29) is 0 Å². The van der Waals surface area contributed by atoms with Gasteiger partial charge < -0.3 is 9.47 Å². The molecule has 1 saturated heterocycles. The minimum Gasteiger partial charge on any atom is -0.311 e. The van der Waals surface area contributed by atoms with Crippen LogP contribution in [0.5, 0.6) is 0 Å². The molecular formula is C20H29N4O2+. The summed E-state index contributed by atoms with van der Waals surface area (Å²) in [6, 6.07) is 4.98. The molecular weight excluding hydrogens is 328 g/mol. The molecule has 2 spiro atoms. The first-order valence-electron chi connectivity index (χ1n) is 10.2. The number of hydrogen-bond donors (Lipinski definition) is 2. The third-order valence-corrected chi connectivity index (χ3v) is 7.37.